The number of nitrogens with zero attached hydrogens (tertiary/aromatic N) is 1. The van der Waals surface area contributed by atoms with Gasteiger partial charge in [-0.05, 0) is 49.2 Å². The Morgan fingerprint density at radius 2 is 2.00 bits per heavy atom. The van der Waals surface area contributed by atoms with Crippen molar-refractivity contribution in [2.45, 2.75) is 19.9 Å². The van der Waals surface area contributed by atoms with Crippen molar-refractivity contribution in [2.24, 2.45) is 4.99 Å². The van der Waals surface area contributed by atoms with Gasteiger partial charge in [-0.1, -0.05) is 12.1 Å². The second kappa shape index (κ2) is 11.6. The van der Waals surface area contributed by atoms with Gasteiger partial charge in [0.1, 0.15) is 17.3 Å². The second-order valence-corrected chi connectivity index (χ2v) is 5.50. The van der Waals surface area contributed by atoms with Crippen LogP contribution in [0.3, 0.4) is 0 Å². The van der Waals surface area contributed by atoms with Crippen LogP contribution in [0.5, 0.6) is 11.5 Å². The molecule has 0 saturated heterocycles. The minimum absolute atomic E-state index is 0. The molecule has 26 heavy (non-hydrogen) atoms. The van der Waals surface area contributed by atoms with Gasteiger partial charge in [-0.3, -0.25) is 0 Å². The molecule has 2 aromatic carbocycles. The summed E-state index contributed by atoms with van der Waals surface area (Å²) in [5.74, 6) is 1.26. The van der Waals surface area contributed by atoms with Crippen molar-refractivity contribution in [3.8, 4) is 11.5 Å². The maximum absolute atomic E-state index is 13.2. The van der Waals surface area contributed by atoms with E-state index in [-0.39, 0.29) is 35.5 Å². The fourth-order valence-electron chi connectivity index (χ4n) is 2.34. The molecule has 142 valence electrons. The van der Waals surface area contributed by atoms with E-state index < -0.39 is 0 Å². The molecule has 0 atom stereocenters. The van der Waals surface area contributed by atoms with E-state index in [1.165, 1.54) is 12.1 Å². The minimum atomic E-state index is -0.230. The molecule has 0 unspecified atom stereocenters. The monoisotopic (exact) mass is 473 g/mol. The van der Waals surface area contributed by atoms with Crippen molar-refractivity contribution < 1.29 is 14.2 Å². The normalized spacial score (nSPS) is 10.8. The lowest BCUT2D eigenvalue weighted by molar-refractivity contribution is 0.411. The van der Waals surface area contributed by atoms with Crippen LogP contribution in [-0.2, 0) is 13.0 Å². The maximum atomic E-state index is 13.2. The third kappa shape index (κ3) is 7.07. The largest absolute Gasteiger partial charge is 0.508 e. The van der Waals surface area contributed by atoms with E-state index in [9.17, 15) is 9.50 Å². The lowest BCUT2D eigenvalue weighted by Crippen LogP contribution is -2.38. The molecule has 5 nitrogen and oxygen atoms in total. The number of aliphatic imine (C=N–C) groups is 1. The molecule has 0 aliphatic heterocycles. The molecule has 0 radical (unpaired) electrons. The van der Waals surface area contributed by atoms with Crippen LogP contribution in [0.25, 0.3) is 0 Å². The highest BCUT2D eigenvalue weighted by molar-refractivity contribution is 14.0. The molecule has 0 aliphatic carbocycles. The van der Waals surface area contributed by atoms with Crippen LogP contribution in [0.2, 0.25) is 0 Å². The number of halogens is 2. The Kier molecular flexibility index (Phi) is 9.79. The molecule has 3 N–H and O–H groups in total. The number of phenolic OH excluding ortho intramolecular Hbond substituents is 1. The van der Waals surface area contributed by atoms with Crippen molar-refractivity contribution in [3.63, 3.8) is 0 Å². The molecule has 0 spiro atoms. The summed E-state index contributed by atoms with van der Waals surface area (Å²) in [6.45, 7) is 3.64. The molecule has 0 saturated carbocycles. The third-order valence-electron chi connectivity index (χ3n) is 3.63. The van der Waals surface area contributed by atoms with Crippen molar-refractivity contribution in [3.05, 3.63) is 59.4 Å². The number of hydrogen-bond acceptors (Lipinski definition) is 3. The minimum Gasteiger partial charge on any atom is -0.508 e. The lowest BCUT2D eigenvalue weighted by atomic mass is 10.1. The summed E-state index contributed by atoms with van der Waals surface area (Å²) >= 11 is 0. The molecule has 0 aromatic heterocycles. The van der Waals surface area contributed by atoms with Crippen molar-refractivity contribution in [1.82, 2.24) is 10.6 Å². The van der Waals surface area contributed by atoms with Gasteiger partial charge in [-0.25, -0.2) is 9.38 Å². The van der Waals surface area contributed by atoms with Crippen LogP contribution in [-0.4, -0.2) is 31.3 Å². The van der Waals surface area contributed by atoms with E-state index in [0.717, 1.165) is 12.1 Å². The van der Waals surface area contributed by atoms with Gasteiger partial charge in [0.2, 0.25) is 0 Å². The van der Waals surface area contributed by atoms with Crippen LogP contribution in [0.1, 0.15) is 18.1 Å². The predicted molar refractivity (Wildman–Crippen MR) is 113 cm³/mol. The number of aromatic hydroxyl groups is 1. The summed E-state index contributed by atoms with van der Waals surface area (Å²) in [5.41, 5.74) is 1.61. The molecule has 7 heteroatoms. The van der Waals surface area contributed by atoms with E-state index in [0.29, 0.717) is 36.8 Å². The maximum Gasteiger partial charge on any atom is 0.191 e. The van der Waals surface area contributed by atoms with Gasteiger partial charge in [-0.15, -0.1) is 24.0 Å². The number of ether oxygens (including phenoxy) is 1. The molecule has 2 aromatic rings. The fourth-order valence-corrected chi connectivity index (χ4v) is 2.34. The number of methoxy groups -OCH3 is 1. The third-order valence-corrected chi connectivity index (χ3v) is 3.63. The number of rotatable bonds is 7. The summed E-state index contributed by atoms with van der Waals surface area (Å²) in [5, 5.41) is 16.3. The first-order valence-electron chi connectivity index (χ1n) is 8.25. The van der Waals surface area contributed by atoms with Gasteiger partial charge >= 0.3 is 0 Å². The zero-order valence-electron chi connectivity index (χ0n) is 15.0. The van der Waals surface area contributed by atoms with Crippen LogP contribution in [0.15, 0.2) is 47.5 Å². The summed E-state index contributed by atoms with van der Waals surface area (Å²) in [4.78, 5) is 4.47. The molecule has 0 fully saturated rings. The lowest BCUT2D eigenvalue weighted by Gasteiger charge is -2.12. The number of guanidine groups is 1. The van der Waals surface area contributed by atoms with E-state index in [4.69, 9.17) is 4.74 Å². The Balaban J connectivity index is 0.00000338. The van der Waals surface area contributed by atoms with Gasteiger partial charge in [-0.2, -0.15) is 0 Å². The molecule has 0 aliphatic rings. The Morgan fingerprint density at radius 3 is 2.69 bits per heavy atom. The topological polar surface area (TPSA) is 65.9 Å². The number of hydrogen-bond donors (Lipinski definition) is 3. The number of phenols is 1. The second-order valence-electron chi connectivity index (χ2n) is 5.50. The standard InChI is InChI=1S/C19H24FN3O2.HI/c1-3-21-19(22-10-9-14-5-4-6-16(20)11-14)23-13-15-12-17(25-2)7-8-18(15)24;/h4-8,11-12,24H,3,9-10,13H2,1-2H3,(H2,21,22,23);1H. The first-order chi connectivity index (χ1) is 12.1. The van der Waals surface area contributed by atoms with Crippen LogP contribution >= 0.6 is 24.0 Å². The van der Waals surface area contributed by atoms with Crippen molar-refractivity contribution >= 4 is 29.9 Å². The zero-order chi connectivity index (χ0) is 18.1. The molecule has 0 bridgehead atoms. The fraction of sp³-hybridized carbons (Fsp3) is 0.316. The zero-order valence-corrected chi connectivity index (χ0v) is 17.3. The Hall–Kier alpha value is -2.03. The van der Waals surface area contributed by atoms with E-state index >= 15 is 0 Å². The van der Waals surface area contributed by atoms with Gasteiger partial charge in [0.15, 0.2) is 5.96 Å². The quantitative estimate of drug-likeness (QED) is 0.328. The average molecular weight is 473 g/mol. The Morgan fingerprint density at radius 1 is 1.19 bits per heavy atom. The Bertz CT molecular complexity index is 726. The first-order valence-corrected chi connectivity index (χ1v) is 8.25. The molecule has 2 rings (SSSR count). The molecular weight excluding hydrogens is 448 g/mol. The summed E-state index contributed by atoms with van der Waals surface area (Å²) in [7, 11) is 1.58. The Labute approximate surface area is 170 Å². The van der Waals surface area contributed by atoms with Crippen LogP contribution in [0, 0.1) is 5.82 Å². The highest BCUT2D eigenvalue weighted by Crippen LogP contribution is 2.23. The van der Waals surface area contributed by atoms with E-state index in [1.807, 2.05) is 13.0 Å². The van der Waals surface area contributed by atoms with Gasteiger partial charge in [0.05, 0.1) is 13.7 Å². The van der Waals surface area contributed by atoms with Crippen LogP contribution in [0.4, 0.5) is 4.39 Å². The van der Waals surface area contributed by atoms with Gasteiger partial charge in [0.25, 0.3) is 0 Å². The van der Waals surface area contributed by atoms with E-state index in [2.05, 4.69) is 15.6 Å². The highest BCUT2D eigenvalue weighted by atomic mass is 127. The number of nitrogens with one attached hydrogen (secondary N) is 2. The van der Waals surface area contributed by atoms with E-state index in [1.54, 1.807) is 31.4 Å². The van der Waals surface area contributed by atoms with Crippen molar-refractivity contribution in [2.75, 3.05) is 20.2 Å². The van der Waals surface area contributed by atoms with Gasteiger partial charge < -0.3 is 20.5 Å². The molecule has 0 amide bonds. The SMILES string of the molecule is CCNC(=NCc1cc(OC)ccc1O)NCCc1cccc(F)c1.I. The summed E-state index contributed by atoms with van der Waals surface area (Å²) < 4.78 is 18.4. The van der Waals surface area contributed by atoms with Gasteiger partial charge in [0, 0.05) is 18.7 Å². The van der Waals surface area contributed by atoms with Crippen molar-refractivity contribution in [1.29, 1.82) is 0 Å². The average Bonchev–Trinajstić information content (AvgIpc) is 2.61. The van der Waals surface area contributed by atoms with Crippen LogP contribution < -0.4 is 15.4 Å². The summed E-state index contributed by atoms with van der Waals surface area (Å²) in [6, 6.07) is 11.6. The smallest absolute Gasteiger partial charge is 0.191 e. The summed E-state index contributed by atoms with van der Waals surface area (Å²) in [6.07, 6.45) is 0.687. The number of benzene rings is 2. The predicted octanol–water partition coefficient (Wildman–Crippen LogP) is 3.46. The highest BCUT2D eigenvalue weighted by Gasteiger charge is 2.04. The molecular formula is C19H25FIN3O2. The first kappa shape index (κ1) is 22.0. The molecule has 0 heterocycles.